The van der Waals surface area contributed by atoms with Gasteiger partial charge in [0.1, 0.15) is 15.6 Å². The molecule has 0 radical (unpaired) electrons. The van der Waals surface area contributed by atoms with E-state index in [0.29, 0.717) is 4.73 Å². The molecule has 4 aromatic rings. The van der Waals surface area contributed by atoms with Crippen molar-refractivity contribution >= 4 is 56.7 Å². The van der Waals surface area contributed by atoms with Crippen molar-refractivity contribution in [2.75, 3.05) is 5.32 Å². The molecule has 0 unspecified atom stereocenters. The van der Waals surface area contributed by atoms with E-state index < -0.39 is 30.0 Å². The average molecular weight is 507 g/mol. The Labute approximate surface area is 190 Å². The number of halogens is 7. The second kappa shape index (κ2) is 8.23. The molecule has 33 heavy (non-hydrogen) atoms. The summed E-state index contributed by atoms with van der Waals surface area (Å²) in [6.45, 7) is -3.26. The number of hydrogen-bond acceptors (Lipinski definition) is 4. The first-order valence-electron chi connectivity index (χ1n) is 8.86. The van der Waals surface area contributed by atoms with Crippen LogP contribution in [-0.4, -0.2) is 12.5 Å². The van der Waals surface area contributed by atoms with Gasteiger partial charge in [0.15, 0.2) is 11.3 Å². The summed E-state index contributed by atoms with van der Waals surface area (Å²) in [7, 11) is 0. The van der Waals surface area contributed by atoms with Crippen molar-refractivity contribution < 1.29 is 40.6 Å². The van der Waals surface area contributed by atoms with Gasteiger partial charge in [-0.15, -0.1) is 0 Å². The molecule has 0 atom stereocenters. The highest BCUT2D eigenvalue weighted by Gasteiger charge is 2.32. The molecule has 2 aromatic heterocycles. The number of rotatable bonds is 4. The zero-order valence-electron chi connectivity index (χ0n) is 15.8. The van der Waals surface area contributed by atoms with Crippen LogP contribution in [0.1, 0.15) is 15.9 Å². The number of aromatic nitrogens is 1. The smallest absolute Gasteiger partial charge is 0.416 e. The minimum absolute atomic E-state index is 0.0967. The van der Waals surface area contributed by atoms with Crippen molar-refractivity contribution in [2.24, 2.45) is 0 Å². The third-order valence-corrected chi connectivity index (χ3v) is 5.14. The number of nitrogens with zero attached hydrogens (tertiary/aromatic N) is 1. The molecule has 1 N–H and O–H groups in total. The summed E-state index contributed by atoms with van der Waals surface area (Å²) >= 11 is 11.9. The molecule has 2 heterocycles. The molecular weight excluding hydrogens is 498 g/mol. The highest BCUT2D eigenvalue weighted by molar-refractivity contribution is 6.39. The van der Waals surface area contributed by atoms with E-state index >= 15 is 0 Å². The number of carbonyl (C=O) groups is 1. The Morgan fingerprint density at radius 3 is 2.39 bits per heavy atom. The van der Waals surface area contributed by atoms with Gasteiger partial charge in [0.2, 0.25) is 12.4 Å². The summed E-state index contributed by atoms with van der Waals surface area (Å²) in [6.07, 6.45) is -2.88. The maximum absolute atomic E-state index is 13.3. The second-order valence-corrected chi connectivity index (χ2v) is 7.46. The van der Waals surface area contributed by atoms with Crippen molar-refractivity contribution in [3.05, 3.63) is 69.1 Å². The lowest BCUT2D eigenvalue weighted by atomic mass is 10.0. The van der Waals surface area contributed by atoms with Gasteiger partial charge < -0.3 is 19.7 Å². The highest BCUT2D eigenvalue weighted by atomic mass is 35.5. The summed E-state index contributed by atoms with van der Waals surface area (Å²) < 4.78 is 75.6. The molecule has 4 rings (SSSR count). The van der Waals surface area contributed by atoms with Crippen LogP contribution in [0.4, 0.5) is 27.6 Å². The largest absolute Gasteiger partial charge is 0.619 e. The number of nitrogens with one attached hydrogen (secondary N) is 1. The Morgan fingerprint density at radius 2 is 1.79 bits per heavy atom. The van der Waals surface area contributed by atoms with Crippen molar-refractivity contribution in [3.63, 3.8) is 0 Å². The molecule has 0 aliphatic rings. The van der Waals surface area contributed by atoms with Crippen LogP contribution in [0.15, 0.2) is 47.1 Å². The number of benzene rings is 2. The van der Waals surface area contributed by atoms with Crippen molar-refractivity contribution in [2.45, 2.75) is 12.8 Å². The monoisotopic (exact) mass is 506 g/mol. The van der Waals surface area contributed by atoms with E-state index in [9.17, 15) is 32.0 Å². The molecule has 1 amide bonds. The SMILES string of the molecule is O=C(Nc1c(Cl)c[n+]([O-])cc1Cl)c1ccc(OC(F)F)c2oc3ccc(C(F)(F)F)cc3c12. The van der Waals surface area contributed by atoms with Gasteiger partial charge in [-0.25, -0.2) is 0 Å². The Morgan fingerprint density at radius 1 is 1.12 bits per heavy atom. The van der Waals surface area contributed by atoms with Gasteiger partial charge in [-0.05, 0) is 30.3 Å². The number of alkyl halides is 5. The van der Waals surface area contributed by atoms with Gasteiger partial charge in [0.25, 0.3) is 5.91 Å². The van der Waals surface area contributed by atoms with Crippen LogP contribution < -0.4 is 14.8 Å². The number of carbonyl (C=O) groups excluding carboxylic acids is 1. The normalized spacial score (nSPS) is 12.0. The molecule has 172 valence electrons. The van der Waals surface area contributed by atoms with Gasteiger partial charge in [0, 0.05) is 10.8 Å². The summed E-state index contributed by atoms with van der Waals surface area (Å²) in [5.41, 5.74) is -1.88. The lowest BCUT2D eigenvalue weighted by Crippen LogP contribution is -2.25. The second-order valence-electron chi connectivity index (χ2n) is 6.65. The molecular formula is C20H9Cl2F5N2O4. The maximum atomic E-state index is 13.3. The Balaban J connectivity index is 1.93. The lowest BCUT2D eigenvalue weighted by molar-refractivity contribution is -0.605. The first-order valence-corrected chi connectivity index (χ1v) is 9.61. The van der Waals surface area contributed by atoms with Crippen LogP contribution in [0.2, 0.25) is 10.0 Å². The van der Waals surface area contributed by atoms with E-state index in [4.69, 9.17) is 27.6 Å². The third kappa shape index (κ3) is 4.33. The maximum Gasteiger partial charge on any atom is 0.416 e. The van der Waals surface area contributed by atoms with E-state index in [1.165, 1.54) is 0 Å². The van der Waals surface area contributed by atoms with Crippen molar-refractivity contribution in [3.8, 4) is 5.75 Å². The lowest BCUT2D eigenvalue weighted by Gasteiger charge is -2.11. The predicted molar refractivity (Wildman–Crippen MR) is 109 cm³/mol. The molecule has 0 fully saturated rings. The molecule has 0 saturated heterocycles. The van der Waals surface area contributed by atoms with Crippen molar-refractivity contribution in [1.29, 1.82) is 0 Å². The minimum Gasteiger partial charge on any atom is -0.619 e. The van der Waals surface area contributed by atoms with E-state index in [0.717, 1.165) is 42.7 Å². The van der Waals surface area contributed by atoms with Crippen LogP contribution in [0.5, 0.6) is 5.75 Å². The van der Waals surface area contributed by atoms with Crippen LogP contribution >= 0.6 is 23.2 Å². The molecule has 0 spiro atoms. The Hall–Kier alpha value is -3.31. The average Bonchev–Trinajstić information content (AvgIpc) is 3.09. The van der Waals surface area contributed by atoms with Gasteiger partial charge in [0.05, 0.1) is 16.8 Å². The summed E-state index contributed by atoms with van der Waals surface area (Å²) in [5, 5.41) is 13.0. The number of fused-ring (bicyclic) bond motifs is 3. The number of amides is 1. The Kier molecular flexibility index (Phi) is 5.71. The molecule has 2 aromatic carbocycles. The topological polar surface area (TPSA) is 78.4 Å². The zero-order chi connectivity index (χ0) is 24.1. The molecule has 13 heteroatoms. The number of hydrogen-bond donors (Lipinski definition) is 1. The van der Waals surface area contributed by atoms with Crippen LogP contribution in [0, 0.1) is 5.21 Å². The van der Waals surface area contributed by atoms with E-state index in [2.05, 4.69) is 10.1 Å². The minimum atomic E-state index is -4.71. The van der Waals surface area contributed by atoms with Crippen LogP contribution in [-0.2, 0) is 6.18 Å². The molecule has 0 aliphatic heterocycles. The summed E-state index contributed by atoms with van der Waals surface area (Å²) in [4.78, 5) is 13.0. The van der Waals surface area contributed by atoms with Crippen molar-refractivity contribution in [1.82, 2.24) is 0 Å². The third-order valence-electron chi connectivity index (χ3n) is 4.57. The number of furan rings is 1. The van der Waals surface area contributed by atoms with Crippen LogP contribution in [0.3, 0.4) is 0 Å². The van der Waals surface area contributed by atoms with E-state index in [1.807, 2.05) is 0 Å². The van der Waals surface area contributed by atoms with E-state index in [1.54, 1.807) is 0 Å². The molecule has 6 nitrogen and oxygen atoms in total. The standard InChI is InChI=1S/C20H9Cl2F5N2O4/c21-11-6-29(31)7-12(22)16(11)28-18(30)9-2-4-14(33-19(23)24)17-15(9)10-5-8(20(25,26)27)1-3-13(10)32-17/h1-7,19H,(H,28,30). The Bertz CT molecular complexity index is 1380. The van der Waals surface area contributed by atoms with Gasteiger partial charge in [-0.3, -0.25) is 4.79 Å². The van der Waals surface area contributed by atoms with Gasteiger partial charge >= 0.3 is 12.8 Å². The first-order chi connectivity index (χ1) is 15.5. The fourth-order valence-corrected chi connectivity index (χ4v) is 3.75. The highest BCUT2D eigenvalue weighted by Crippen LogP contribution is 2.41. The number of anilines is 1. The molecule has 0 aliphatic carbocycles. The zero-order valence-corrected chi connectivity index (χ0v) is 17.4. The van der Waals surface area contributed by atoms with E-state index in [-0.39, 0.29) is 43.2 Å². The van der Waals surface area contributed by atoms with Gasteiger partial charge in [-0.2, -0.15) is 26.7 Å². The summed E-state index contributed by atoms with van der Waals surface area (Å²) in [6, 6.07) is 4.57. The number of pyridine rings is 1. The summed E-state index contributed by atoms with van der Waals surface area (Å²) in [5.74, 6) is -1.39. The number of ether oxygens (including phenoxy) is 1. The van der Waals surface area contributed by atoms with Gasteiger partial charge in [-0.1, -0.05) is 23.2 Å². The quantitative estimate of drug-likeness (QED) is 0.197. The van der Waals surface area contributed by atoms with Crippen LogP contribution in [0.25, 0.3) is 21.9 Å². The molecule has 0 bridgehead atoms. The fourth-order valence-electron chi connectivity index (χ4n) is 3.22. The molecule has 0 saturated carbocycles. The first kappa shape index (κ1) is 22.9. The predicted octanol–water partition coefficient (Wildman–Crippen LogP) is 6.40. The fraction of sp³-hybridized carbons (Fsp3) is 0.100.